The van der Waals surface area contributed by atoms with Gasteiger partial charge in [0, 0.05) is 23.3 Å². The lowest BCUT2D eigenvalue weighted by Crippen LogP contribution is -2.27. The number of nitrogens with one attached hydrogen (secondary N) is 1. The van der Waals surface area contributed by atoms with Gasteiger partial charge < -0.3 is 10.1 Å². The highest BCUT2D eigenvalue weighted by Gasteiger charge is 2.03. The van der Waals surface area contributed by atoms with Crippen LogP contribution in [-0.4, -0.2) is 24.2 Å². The molecule has 0 amide bonds. The Hall–Kier alpha value is -0.320. The molecule has 0 saturated heterocycles. The van der Waals surface area contributed by atoms with Gasteiger partial charge in [-0.2, -0.15) is 0 Å². The van der Waals surface area contributed by atoms with Gasteiger partial charge >= 0.3 is 0 Å². The fraction of sp³-hybridized carbons (Fsp3) is 0.500. The van der Waals surface area contributed by atoms with E-state index in [1.165, 1.54) is 0 Å². The zero-order chi connectivity index (χ0) is 11.3. The summed E-state index contributed by atoms with van der Waals surface area (Å²) in [4.78, 5) is 4.07. The van der Waals surface area contributed by atoms with Gasteiger partial charge in [-0.15, -0.1) is 0 Å². The number of hydrogen-bond donors (Lipinski definition) is 1. The van der Waals surface area contributed by atoms with E-state index in [1.807, 2.05) is 0 Å². The third-order valence-corrected chi connectivity index (χ3v) is 2.37. The summed E-state index contributed by atoms with van der Waals surface area (Å²) in [7, 11) is 0. The largest absolute Gasteiger partial charge is 0.475 e. The number of aromatic nitrogens is 1. The second-order valence-corrected chi connectivity index (χ2v) is 4.72. The predicted molar refractivity (Wildman–Crippen MR) is 65.6 cm³/mol. The van der Waals surface area contributed by atoms with Gasteiger partial charge in [0.15, 0.2) is 0 Å². The second kappa shape index (κ2) is 6.30. The van der Waals surface area contributed by atoms with E-state index in [2.05, 4.69) is 40.1 Å². The summed E-state index contributed by atoms with van der Waals surface area (Å²) < 4.78 is 6.26. The molecule has 3 nitrogen and oxygen atoms in total. The van der Waals surface area contributed by atoms with Gasteiger partial charge in [-0.05, 0) is 22.0 Å². The van der Waals surface area contributed by atoms with Gasteiger partial charge in [-0.25, -0.2) is 4.98 Å². The molecule has 0 atom stereocenters. The summed E-state index contributed by atoms with van der Waals surface area (Å²) >= 11 is 9.22. The third-order valence-electron chi connectivity index (χ3n) is 1.67. The maximum absolute atomic E-state index is 5.93. The van der Waals surface area contributed by atoms with Crippen LogP contribution in [-0.2, 0) is 0 Å². The first kappa shape index (κ1) is 12.7. The van der Waals surface area contributed by atoms with Crippen molar-refractivity contribution < 1.29 is 4.74 Å². The van der Waals surface area contributed by atoms with E-state index in [4.69, 9.17) is 16.3 Å². The lowest BCUT2D eigenvalue weighted by Gasteiger charge is -2.09. The Bertz CT molecular complexity index is 320. The first-order valence-electron chi connectivity index (χ1n) is 4.77. The minimum atomic E-state index is 0.460. The molecule has 0 aromatic carbocycles. The van der Waals surface area contributed by atoms with Gasteiger partial charge in [0.05, 0.1) is 0 Å². The molecule has 15 heavy (non-hydrogen) atoms. The zero-order valence-corrected chi connectivity index (χ0v) is 11.1. The van der Waals surface area contributed by atoms with E-state index >= 15 is 0 Å². The fourth-order valence-electron chi connectivity index (χ4n) is 1.00. The molecule has 0 saturated carbocycles. The van der Waals surface area contributed by atoms with Gasteiger partial charge in [-0.1, -0.05) is 25.4 Å². The number of nitrogens with zero attached hydrogens (tertiary/aromatic N) is 1. The van der Waals surface area contributed by atoms with Crippen molar-refractivity contribution in [2.24, 2.45) is 0 Å². The van der Waals surface area contributed by atoms with Crippen molar-refractivity contribution >= 4 is 27.5 Å². The van der Waals surface area contributed by atoms with Crippen molar-refractivity contribution in [2.75, 3.05) is 13.2 Å². The van der Waals surface area contributed by atoms with Crippen LogP contribution in [0.25, 0.3) is 0 Å². The lowest BCUT2D eigenvalue weighted by molar-refractivity contribution is 0.298. The molecular weight excluding hydrogens is 279 g/mol. The first-order chi connectivity index (χ1) is 7.09. The molecule has 5 heteroatoms. The van der Waals surface area contributed by atoms with E-state index < -0.39 is 0 Å². The zero-order valence-electron chi connectivity index (χ0n) is 8.76. The van der Waals surface area contributed by atoms with Gasteiger partial charge in [0.1, 0.15) is 11.6 Å². The Balaban J connectivity index is 2.37. The Morgan fingerprint density at radius 2 is 2.33 bits per heavy atom. The van der Waals surface area contributed by atoms with E-state index in [1.54, 1.807) is 12.3 Å². The molecule has 0 bridgehead atoms. The number of halogens is 2. The molecule has 84 valence electrons. The van der Waals surface area contributed by atoms with Crippen molar-refractivity contribution in [3.05, 3.63) is 21.8 Å². The monoisotopic (exact) mass is 292 g/mol. The molecule has 0 aliphatic carbocycles. The van der Waals surface area contributed by atoms with Crippen LogP contribution in [0.2, 0.25) is 5.02 Å². The summed E-state index contributed by atoms with van der Waals surface area (Å²) in [5.74, 6) is 0.477. The first-order valence-corrected chi connectivity index (χ1v) is 5.94. The van der Waals surface area contributed by atoms with E-state index in [9.17, 15) is 0 Å². The maximum atomic E-state index is 5.93. The van der Waals surface area contributed by atoms with Crippen LogP contribution < -0.4 is 10.1 Å². The van der Waals surface area contributed by atoms with Gasteiger partial charge in [0.2, 0.25) is 5.88 Å². The molecule has 1 aromatic heterocycles. The molecule has 1 rings (SSSR count). The summed E-state index contributed by atoms with van der Waals surface area (Å²) in [5.41, 5.74) is 0. The average Bonchev–Trinajstić information content (AvgIpc) is 2.14. The highest BCUT2D eigenvalue weighted by molar-refractivity contribution is 9.10. The van der Waals surface area contributed by atoms with Gasteiger partial charge in [0.25, 0.3) is 0 Å². The molecule has 0 unspecified atom stereocenters. The maximum Gasteiger partial charge on any atom is 0.232 e. The topological polar surface area (TPSA) is 34.1 Å². The van der Waals surface area contributed by atoms with Crippen molar-refractivity contribution in [2.45, 2.75) is 19.9 Å². The molecule has 1 heterocycles. The van der Waals surface area contributed by atoms with Crippen LogP contribution in [0.1, 0.15) is 13.8 Å². The fourth-order valence-corrected chi connectivity index (χ4v) is 1.69. The molecule has 0 aliphatic rings. The summed E-state index contributed by atoms with van der Waals surface area (Å²) in [5, 5.41) is 3.76. The van der Waals surface area contributed by atoms with Gasteiger partial charge in [-0.3, -0.25) is 0 Å². The smallest absolute Gasteiger partial charge is 0.232 e. The molecule has 0 fully saturated rings. The van der Waals surface area contributed by atoms with Crippen LogP contribution in [0.3, 0.4) is 0 Å². The quantitative estimate of drug-likeness (QED) is 0.848. The van der Waals surface area contributed by atoms with Crippen molar-refractivity contribution in [3.63, 3.8) is 0 Å². The molecule has 0 aliphatic heterocycles. The third kappa shape index (κ3) is 4.82. The normalized spacial score (nSPS) is 10.7. The van der Waals surface area contributed by atoms with Crippen molar-refractivity contribution in [3.8, 4) is 5.88 Å². The van der Waals surface area contributed by atoms with Crippen LogP contribution in [0.5, 0.6) is 5.88 Å². The summed E-state index contributed by atoms with van der Waals surface area (Å²) in [6.45, 7) is 5.52. The number of pyridine rings is 1. The predicted octanol–water partition coefficient (Wildman–Crippen LogP) is 2.87. The average molecular weight is 294 g/mol. The SMILES string of the molecule is CC(C)NCCOc1ncc(Br)cc1Cl. The van der Waals surface area contributed by atoms with Crippen LogP contribution in [0.15, 0.2) is 16.7 Å². The highest BCUT2D eigenvalue weighted by Crippen LogP contribution is 2.24. The van der Waals surface area contributed by atoms with Crippen molar-refractivity contribution in [1.82, 2.24) is 10.3 Å². The standard InChI is InChI=1S/C10H14BrClN2O/c1-7(2)13-3-4-15-10-9(12)5-8(11)6-14-10/h5-7,13H,3-4H2,1-2H3. The molecule has 0 spiro atoms. The summed E-state index contributed by atoms with van der Waals surface area (Å²) in [6.07, 6.45) is 1.66. The number of rotatable bonds is 5. The second-order valence-electron chi connectivity index (χ2n) is 3.40. The lowest BCUT2D eigenvalue weighted by atomic mass is 10.4. The van der Waals surface area contributed by atoms with Crippen LogP contribution >= 0.6 is 27.5 Å². The Labute approximate surface area is 103 Å². The molecule has 1 aromatic rings. The van der Waals surface area contributed by atoms with E-state index in [0.717, 1.165) is 11.0 Å². The Morgan fingerprint density at radius 1 is 1.60 bits per heavy atom. The van der Waals surface area contributed by atoms with Crippen molar-refractivity contribution in [1.29, 1.82) is 0 Å². The Morgan fingerprint density at radius 3 is 2.93 bits per heavy atom. The van der Waals surface area contributed by atoms with E-state index in [0.29, 0.717) is 23.6 Å². The van der Waals surface area contributed by atoms with Crippen LogP contribution in [0, 0.1) is 0 Å². The number of hydrogen-bond acceptors (Lipinski definition) is 3. The number of ether oxygens (including phenoxy) is 1. The minimum Gasteiger partial charge on any atom is -0.475 e. The van der Waals surface area contributed by atoms with E-state index in [-0.39, 0.29) is 0 Å². The van der Waals surface area contributed by atoms with Crippen LogP contribution in [0.4, 0.5) is 0 Å². The molecule has 1 N–H and O–H groups in total. The Kier molecular flexibility index (Phi) is 5.36. The summed E-state index contributed by atoms with van der Waals surface area (Å²) in [6, 6.07) is 2.22. The molecule has 0 radical (unpaired) electrons. The minimum absolute atomic E-state index is 0.460. The molecular formula is C10H14BrClN2O. The highest BCUT2D eigenvalue weighted by atomic mass is 79.9.